The van der Waals surface area contributed by atoms with E-state index in [0.29, 0.717) is 11.6 Å². The molecule has 0 aliphatic carbocycles. The molecule has 2 aromatic rings. The SMILES string of the molecule is CC(C)(C)NC[C@H](O)c1cc(Cl)c2nc[nH]c2c1. The van der Waals surface area contributed by atoms with Crippen LogP contribution in [0.4, 0.5) is 0 Å². The minimum Gasteiger partial charge on any atom is -0.387 e. The van der Waals surface area contributed by atoms with Crippen LogP contribution in [0.5, 0.6) is 0 Å². The van der Waals surface area contributed by atoms with Gasteiger partial charge in [0.2, 0.25) is 0 Å². The standard InChI is InChI=1S/C13H18ClN3O/c1-13(2,3)17-6-11(18)8-4-9(14)12-10(5-8)15-7-16-12/h4-5,7,11,17-18H,6H2,1-3H3,(H,15,16)/t11-/m0/s1. The maximum absolute atomic E-state index is 10.1. The Labute approximate surface area is 111 Å². The van der Waals surface area contributed by atoms with Gasteiger partial charge in [0.15, 0.2) is 0 Å². The smallest absolute Gasteiger partial charge is 0.107 e. The van der Waals surface area contributed by atoms with Crippen LogP contribution in [0.3, 0.4) is 0 Å². The van der Waals surface area contributed by atoms with Crippen molar-refractivity contribution in [2.24, 2.45) is 0 Å². The summed E-state index contributed by atoms with van der Waals surface area (Å²) in [5, 5.41) is 14.0. The van der Waals surface area contributed by atoms with Crippen LogP contribution >= 0.6 is 11.6 Å². The molecule has 0 saturated heterocycles. The molecule has 1 aromatic heterocycles. The summed E-state index contributed by atoms with van der Waals surface area (Å²) in [6, 6.07) is 3.64. The third kappa shape index (κ3) is 3.02. The van der Waals surface area contributed by atoms with Gasteiger partial charge < -0.3 is 15.4 Å². The number of nitrogens with zero attached hydrogens (tertiary/aromatic N) is 1. The number of hydrogen-bond donors (Lipinski definition) is 3. The zero-order chi connectivity index (χ0) is 13.3. The van der Waals surface area contributed by atoms with Gasteiger partial charge in [-0.25, -0.2) is 4.98 Å². The molecule has 0 fully saturated rings. The minimum atomic E-state index is -0.588. The lowest BCUT2D eigenvalue weighted by atomic mass is 10.1. The molecule has 3 N–H and O–H groups in total. The number of rotatable bonds is 3. The number of imidazole rings is 1. The second kappa shape index (κ2) is 4.88. The monoisotopic (exact) mass is 267 g/mol. The number of H-pyrrole nitrogens is 1. The van der Waals surface area contributed by atoms with Gasteiger partial charge in [-0.3, -0.25) is 0 Å². The Bertz CT molecular complexity index is 545. The molecule has 4 nitrogen and oxygen atoms in total. The predicted molar refractivity (Wildman–Crippen MR) is 73.8 cm³/mol. The van der Waals surface area contributed by atoms with E-state index in [2.05, 4.69) is 36.1 Å². The Kier molecular flexibility index (Phi) is 3.61. The summed E-state index contributed by atoms with van der Waals surface area (Å²) in [6.07, 6.45) is 1.01. The summed E-state index contributed by atoms with van der Waals surface area (Å²) in [5.74, 6) is 0. The Morgan fingerprint density at radius 2 is 2.17 bits per heavy atom. The van der Waals surface area contributed by atoms with Gasteiger partial charge in [0.25, 0.3) is 0 Å². The number of fused-ring (bicyclic) bond motifs is 1. The van der Waals surface area contributed by atoms with E-state index >= 15 is 0 Å². The molecule has 5 heteroatoms. The summed E-state index contributed by atoms with van der Waals surface area (Å²) in [4.78, 5) is 7.12. The first kappa shape index (κ1) is 13.3. The Morgan fingerprint density at radius 3 is 2.83 bits per heavy atom. The van der Waals surface area contributed by atoms with Gasteiger partial charge in [-0.1, -0.05) is 11.6 Å². The van der Waals surface area contributed by atoms with Gasteiger partial charge in [-0.2, -0.15) is 0 Å². The van der Waals surface area contributed by atoms with E-state index in [1.807, 2.05) is 6.07 Å². The highest BCUT2D eigenvalue weighted by Gasteiger charge is 2.15. The maximum atomic E-state index is 10.1. The molecule has 1 heterocycles. The van der Waals surface area contributed by atoms with Gasteiger partial charge >= 0.3 is 0 Å². The van der Waals surface area contributed by atoms with E-state index in [1.54, 1.807) is 12.4 Å². The summed E-state index contributed by atoms with van der Waals surface area (Å²) >= 11 is 6.12. The first-order valence-corrected chi connectivity index (χ1v) is 6.30. The zero-order valence-corrected chi connectivity index (χ0v) is 11.5. The molecule has 0 spiro atoms. The Hall–Kier alpha value is -1.10. The minimum absolute atomic E-state index is 0.0249. The van der Waals surface area contributed by atoms with E-state index in [1.165, 1.54) is 0 Å². The van der Waals surface area contributed by atoms with Gasteiger partial charge in [0.1, 0.15) is 5.52 Å². The van der Waals surface area contributed by atoms with Crippen molar-refractivity contribution in [2.45, 2.75) is 32.4 Å². The summed E-state index contributed by atoms with van der Waals surface area (Å²) in [5.41, 5.74) is 2.33. The van der Waals surface area contributed by atoms with E-state index < -0.39 is 6.10 Å². The van der Waals surface area contributed by atoms with Crippen LogP contribution in [0.2, 0.25) is 5.02 Å². The number of benzene rings is 1. The topological polar surface area (TPSA) is 60.9 Å². The van der Waals surface area contributed by atoms with Crippen molar-refractivity contribution in [3.63, 3.8) is 0 Å². The van der Waals surface area contributed by atoms with Gasteiger partial charge in [0, 0.05) is 12.1 Å². The Balaban J connectivity index is 2.20. The first-order valence-electron chi connectivity index (χ1n) is 5.92. The second-order valence-electron chi connectivity index (χ2n) is 5.45. The fraction of sp³-hybridized carbons (Fsp3) is 0.462. The highest BCUT2D eigenvalue weighted by molar-refractivity contribution is 6.35. The molecule has 1 atom stereocenters. The van der Waals surface area contributed by atoms with Crippen LogP contribution in [-0.2, 0) is 0 Å². The lowest BCUT2D eigenvalue weighted by Crippen LogP contribution is -2.38. The number of halogens is 1. The zero-order valence-electron chi connectivity index (χ0n) is 10.8. The molecule has 0 amide bonds. The molecule has 1 aromatic carbocycles. The molecular weight excluding hydrogens is 250 g/mol. The molecule has 18 heavy (non-hydrogen) atoms. The fourth-order valence-corrected chi connectivity index (χ4v) is 2.02. The molecule has 0 radical (unpaired) electrons. The number of aliphatic hydroxyl groups excluding tert-OH is 1. The van der Waals surface area contributed by atoms with Crippen molar-refractivity contribution in [3.8, 4) is 0 Å². The second-order valence-corrected chi connectivity index (χ2v) is 5.86. The van der Waals surface area contributed by atoms with Crippen molar-refractivity contribution < 1.29 is 5.11 Å². The molecule has 2 rings (SSSR count). The first-order chi connectivity index (χ1) is 8.37. The maximum Gasteiger partial charge on any atom is 0.107 e. The number of aromatic nitrogens is 2. The van der Waals surface area contributed by atoms with E-state index in [-0.39, 0.29) is 5.54 Å². The number of nitrogens with one attached hydrogen (secondary N) is 2. The molecule has 0 aliphatic heterocycles. The van der Waals surface area contributed by atoms with Crippen molar-refractivity contribution in [1.82, 2.24) is 15.3 Å². The molecular formula is C13H18ClN3O. The van der Waals surface area contributed by atoms with Crippen LogP contribution in [-0.4, -0.2) is 27.2 Å². The number of β-amino-alcohol motifs (C(OH)–C–C–N with tert-alkyl or cyclic N) is 1. The highest BCUT2D eigenvalue weighted by Crippen LogP contribution is 2.25. The molecule has 0 aliphatic rings. The average molecular weight is 268 g/mol. The third-order valence-electron chi connectivity index (χ3n) is 2.71. The fourth-order valence-electron chi connectivity index (χ4n) is 1.74. The van der Waals surface area contributed by atoms with Crippen LogP contribution in [0, 0.1) is 0 Å². The third-order valence-corrected chi connectivity index (χ3v) is 3.00. The molecule has 0 bridgehead atoms. The highest BCUT2D eigenvalue weighted by atomic mass is 35.5. The lowest BCUT2D eigenvalue weighted by molar-refractivity contribution is 0.163. The van der Waals surface area contributed by atoms with Crippen LogP contribution in [0.25, 0.3) is 11.0 Å². The van der Waals surface area contributed by atoms with Gasteiger partial charge in [-0.15, -0.1) is 0 Å². The van der Waals surface area contributed by atoms with E-state index in [4.69, 9.17) is 11.6 Å². The summed E-state index contributed by atoms with van der Waals surface area (Å²) in [6.45, 7) is 6.67. The Morgan fingerprint density at radius 1 is 1.44 bits per heavy atom. The van der Waals surface area contributed by atoms with Crippen molar-refractivity contribution in [1.29, 1.82) is 0 Å². The van der Waals surface area contributed by atoms with Gasteiger partial charge in [0.05, 0.1) is 23.0 Å². The van der Waals surface area contributed by atoms with Crippen LogP contribution < -0.4 is 5.32 Å². The lowest BCUT2D eigenvalue weighted by Gasteiger charge is -2.23. The summed E-state index contributed by atoms with van der Waals surface area (Å²) < 4.78 is 0. The normalized spacial score (nSPS) is 14.1. The largest absolute Gasteiger partial charge is 0.387 e. The average Bonchev–Trinajstić information content (AvgIpc) is 2.73. The van der Waals surface area contributed by atoms with E-state index in [0.717, 1.165) is 16.6 Å². The van der Waals surface area contributed by atoms with Crippen molar-refractivity contribution in [2.75, 3.05) is 6.54 Å². The number of aliphatic hydroxyl groups is 1. The van der Waals surface area contributed by atoms with Crippen molar-refractivity contribution >= 4 is 22.6 Å². The van der Waals surface area contributed by atoms with Crippen LogP contribution in [0.15, 0.2) is 18.5 Å². The molecule has 0 unspecified atom stereocenters. The van der Waals surface area contributed by atoms with Gasteiger partial charge in [-0.05, 0) is 38.5 Å². The summed E-state index contributed by atoms with van der Waals surface area (Å²) in [7, 11) is 0. The van der Waals surface area contributed by atoms with Crippen LogP contribution in [0.1, 0.15) is 32.4 Å². The van der Waals surface area contributed by atoms with Crippen molar-refractivity contribution in [3.05, 3.63) is 29.0 Å². The predicted octanol–water partition coefficient (Wildman–Crippen LogP) is 2.64. The van der Waals surface area contributed by atoms with E-state index in [9.17, 15) is 5.11 Å². The molecule has 0 saturated carbocycles. The number of aromatic amines is 1. The molecule has 98 valence electrons. The number of hydrogen-bond acceptors (Lipinski definition) is 3. The quantitative estimate of drug-likeness (QED) is 0.801.